The van der Waals surface area contributed by atoms with Crippen LogP contribution in [0, 0.1) is 0 Å². The van der Waals surface area contributed by atoms with Crippen LogP contribution in [0.4, 0.5) is 10.5 Å². The molecule has 0 radical (unpaired) electrons. The van der Waals surface area contributed by atoms with Crippen LogP contribution in [0.15, 0.2) is 72.8 Å². The largest absolute Gasteiger partial charge is 0.465 e. The predicted molar refractivity (Wildman–Crippen MR) is 152 cm³/mol. The maximum atomic E-state index is 12.5. The number of aliphatic hydroxyl groups is 1. The second-order valence-corrected chi connectivity index (χ2v) is 11.5. The minimum Gasteiger partial charge on any atom is -0.465 e. The number of carbonyl (C=O) groups is 2. The first-order valence-electron chi connectivity index (χ1n) is 12.6. The highest BCUT2D eigenvalue weighted by Crippen LogP contribution is 2.27. The number of amides is 2. The van der Waals surface area contributed by atoms with E-state index in [9.17, 15) is 28.2 Å². The van der Waals surface area contributed by atoms with Gasteiger partial charge in [-0.3, -0.25) is 4.79 Å². The molecule has 3 aromatic carbocycles. The highest BCUT2D eigenvalue weighted by molar-refractivity contribution is 7.89. The summed E-state index contributed by atoms with van der Waals surface area (Å²) < 4.78 is 25.1. The Morgan fingerprint density at radius 1 is 0.923 bits per heavy atom. The number of anilines is 1. The zero-order chi connectivity index (χ0) is 28.7. The third kappa shape index (κ3) is 8.30. The van der Waals surface area contributed by atoms with E-state index in [1.165, 1.54) is 4.90 Å². The van der Waals surface area contributed by atoms with Gasteiger partial charge in [-0.15, -0.1) is 0 Å². The van der Waals surface area contributed by atoms with Gasteiger partial charge in [-0.2, -0.15) is 0 Å². The fourth-order valence-electron chi connectivity index (χ4n) is 4.26. The number of benzene rings is 3. The van der Waals surface area contributed by atoms with Gasteiger partial charge in [0.25, 0.3) is 5.91 Å². The Morgan fingerprint density at radius 2 is 1.54 bits per heavy atom. The minimum atomic E-state index is -3.71. The maximum absolute atomic E-state index is 12.5. The number of hydrogen-bond donors (Lipinski definition) is 4. The standard InChI is InChI=1S/C29H35N3O6S/c1-19(2)30-26-18-24(14-15-25(26)28(34)31-39(4,37)38)22-12-10-21(11-13-22)16-17-32(29(35)36)20(3)27(33)23-8-6-5-7-9-23/h5-15,18-20,27,30,33H,16-17H2,1-4H3,(H,31,34)(H,35,36)/t20-,27+/m0/s1. The fourth-order valence-corrected chi connectivity index (χ4v) is 4.71. The molecule has 0 unspecified atom stereocenters. The monoisotopic (exact) mass is 553 g/mol. The van der Waals surface area contributed by atoms with Crippen LogP contribution in [0.5, 0.6) is 0 Å². The lowest BCUT2D eigenvalue weighted by atomic mass is 9.99. The Labute approximate surface area is 229 Å². The molecular weight excluding hydrogens is 518 g/mol. The van der Waals surface area contributed by atoms with E-state index >= 15 is 0 Å². The molecule has 0 aliphatic heterocycles. The fraction of sp³-hybridized carbons (Fsp3) is 0.310. The van der Waals surface area contributed by atoms with Gasteiger partial charge in [0.05, 0.1) is 24.0 Å². The van der Waals surface area contributed by atoms with Gasteiger partial charge in [0.15, 0.2) is 0 Å². The molecule has 0 fully saturated rings. The van der Waals surface area contributed by atoms with Crippen molar-refractivity contribution in [3.63, 3.8) is 0 Å². The van der Waals surface area contributed by atoms with Gasteiger partial charge in [0.1, 0.15) is 0 Å². The van der Waals surface area contributed by atoms with Gasteiger partial charge in [-0.25, -0.2) is 17.9 Å². The lowest BCUT2D eigenvalue weighted by Gasteiger charge is -2.30. The van der Waals surface area contributed by atoms with Crippen molar-refractivity contribution in [1.29, 1.82) is 0 Å². The van der Waals surface area contributed by atoms with Gasteiger partial charge in [-0.05, 0) is 61.6 Å². The molecule has 0 saturated carbocycles. The minimum absolute atomic E-state index is 0.00684. The Morgan fingerprint density at radius 3 is 2.10 bits per heavy atom. The summed E-state index contributed by atoms with van der Waals surface area (Å²) in [6, 6.07) is 21.1. The van der Waals surface area contributed by atoms with E-state index < -0.39 is 34.2 Å². The van der Waals surface area contributed by atoms with Gasteiger partial charge >= 0.3 is 6.09 Å². The highest BCUT2D eigenvalue weighted by atomic mass is 32.2. The van der Waals surface area contributed by atoms with Crippen molar-refractivity contribution in [1.82, 2.24) is 9.62 Å². The Bertz CT molecular complexity index is 1390. The summed E-state index contributed by atoms with van der Waals surface area (Å²) in [6.07, 6.45) is -0.651. The molecule has 4 N–H and O–H groups in total. The summed E-state index contributed by atoms with van der Waals surface area (Å²) in [7, 11) is -3.71. The Balaban J connectivity index is 1.75. The van der Waals surface area contributed by atoms with E-state index in [1.807, 2.05) is 48.9 Å². The number of carbonyl (C=O) groups excluding carboxylic acids is 1. The third-order valence-electron chi connectivity index (χ3n) is 6.25. The number of aliphatic hydroxyl groups excluding tert-OH is 1. The van der Waals surface area contributed by atoms with Crippen molar-refractivity contribution < 1.29 is 28.2 Å². The first-order chi connectivity index (χ1) is 18.4. The average molecular weight is 554 g/mol. The quantitative estimate of drug-likeness (QED) is 0.274. The summed E-state index contributed by atoms with van der Waals surface area (Å²) in [5.74, 6) is -0.711. The summed E-state index contributed by atoms with van der Waals surface area (Å²) >= 11 is 0. The number of nitrogens with one attached hydrogen (secondary N) is 2. The van der Waals surface area contributed by atoms with Crippen molar-refractivity contribution >= 4 is 27.7 Å². The van der Waals surface area contributed by atoms with E-state index in [-0.39, 0.29) is 18.2 Å². The molecule has 9 nitrogen and oxygen atoms in total. The van der Waals surface area contributed by atoms with Gasteiger partial charge in [-0.1, -0.05) is 60.7 Å². The molecule has 0 bridgehead atoms. The number of carboxylic acid groups (broad SMARTS) is 1. The Kier molecular flexibility index (Phi) is 9.71. The van der Waals surface area contributed by atoms with Crippen LogP contribution < -0.4 is 10.0 Å². The normalized spacial score (nSPS) is 13.0. The van der Waals surface area contributed by atoms with Crippen LogP contribution in [-0.2, 0) is 16.4 Å². The van der Waals surface area contributed by atoms with Gasteiger partial charge in [0.2, 0.25) is 10.0 Å². The highest BCUT2D eigenvalue weighted by Gasteiger charge is 2.26. The molecule has 0 spiro atoms. The van der Waals surface area contributed by atoms with Crippen molar-refractivity contribution in [2.24, 2.45) is 0 Å². The zero-order valence-corrected chi connectivity index (χ0v) is 23.3. The number of nitrogens with zero attached hydrogens (tertiary/aromatic N) is 1. The smallest absolute Gasteiger partial charge is 0.407 e. The van der Waals surface area contributed by atoms with Gasteiger partial charge in [0, 0.05) is 18.3 Å². The summed E-state index contributed by atoms with van der Waals surface area (Å²) in [5, 5.41) is 23.7. The second kappa shape index (κ2) is 12.8. The molecule has 0 aromatic heterocycles. The molecule has 0 aliphatic carbocycles. The summed E-state index contributed by atoms with van der Waals surface area (Å²) in [5.41, 5.74) is 4.02. The lowest BCUT2D eigenvalue weighted by molar-refractivity contribution is 0.0559. The molecule has 3 rings (SSSR count). The molecule has 39 heavy (non-hydrogen) atoms. The zero-order valence-electron chi connectivity index (χ0n) is 22.5. The summed E-state index contributed by atoms with van der Waals surface area (Å²) in [4.78, 5) is 25.7. The predicted octanol–water partition coefficient (Wildman–Crippen LogP) is 4.51. The number of rotatable bonds is 11. The van der Waals surface area contributed by atoms with Crippen molar-refractivity contribution in [2.75, 3.05) is 18.1 Å². The first kappa shape index (κ1) is 29.7. The van der Waals surface area contributed by atoms with Crippen LogP contribution in [-0.4, -0.2) is 60.4 Å². The number of hydrogen-bond acceptors (Lipinski definition) is 6. The maximum Gasteiger partial charge on any atom is 0.407 e. The van der Waals surface area contributed by atoms with Gasteiger partial charge < -0.3 is 20.4 Å². The lowest BCUT2D eigenvalue weighted by Crippen LogP contribution is -2.42. The van der Waals surface area contributed by atoms with Crippen molar-refractivity contribution in [2.45, 2.75) is 45.4 Å². The van der Waals surface area contributed by atoms with E-state index in [2.05, 4.69) is 5.32 Å². The van der Waals surface area contributed by atoms with E-state index in [4.69, 9.17) is 0 Å². The molecule has 0 heterocycles. The van der Waals surface area contributed by atoms with Crippen LogP contribution in [0.2, 0.25) is 0 Å². The second-order valence-electron chi connectivity index (χ2n) is 9.78. The molecule has 10 heteroatoms. The number of sulfonamides is 1. The molecule has 2 amide bonds. The van der Waals surface area contributed by atoms with Crippen LogP contribution >= 0.6 is 0 Å². The van der Waals surface area contributed by atoms with E-state index in [0.29, 0.717) is 17.7 Å². The first-order valence-corrected chi connectivity index (χ1v) is 14.5. The summed E-state index contributed by atoms with van der Waals surface area (Å²) in [6.45, 7) is 5.74. The molecule has 2 atom stereocenters. The van der Waals surface area contributed by atoms with Crippen molar-refractivity contribution in [3.8, 4) is 11.1 Å². The Hall–Kier alpha value is -3.89. The average Bonchev–Trinajstić information content (AvgIpc) is 2.87. The molecule has 3 aromatic rings. The molecular formula is C29H35N3O6S. The van der Waals surface area contributed by atoms with Crippen LogP contribution in [0.25, 0.3) is 11.1 Å². The van der Waals surface area contributed by atoms with Crippen molar-refractivity contribution in [3.05, 3.63) is 89.5 Å². The van der Waals surface area contributed by atoms with Crippen LogP contribution in [0.3, 0.4) is 0 Å². The molecule has 0 aliphatic rings. The van der Waals surface area contributed by atoms with E-state index in [0.717, 1.165) is 22.9 Å². The molecule has 0 saturated heterocycles. The van der Waals surface area contributed by atoms with E-state index in [1.54, 1.807) is 49.4 Å². The SMILES string of the molecule is CC(C)Nc1cc(-c2ccc(CCN(C(=O)O)[C@@H](C)[C@@H](O)c3ccccc3)cc2)ccc1C(=O)NS(C)(=O)=O. The third-order valence-corrected chi connectivity index (χ3v) is 6.81. The topological polar surface area (TPSA) is 136 Å². The van der Waals surface area contributed by atoms with Crippen LogP contribution in [0.1, 0.15) is 48.4 Å². The molecule has 208 valence electrons.